The van der Waals surface area contributed by atoms with E-state index < -0.39 is 0 Å². The molecule has 2 rings (SSSR count). The summed E-state index contributed by atoms with van der Waals surface area (Å²) in [7, 11) is 0. The van der Waals surface area contributed by atoms with Crippen LogP contribution in [0.3, 0.4) is 0 Å². The molecule has 2 nitrogen and oxygen atoms in total. The number of nitrogens with zero attached hydrogens (tertiary/aromatic N) is 1. The Morgan fingerprint density at radius 2 is 2.33 bits per heavy atom. The largest absolute Gasteiger partial charge is 0.344 e. The minimum Gasteiger partial charge on any atom is -0.344 e. The van der Waals surface area contributed by atoms with Gasteiger partial charge in [-0.1, -0.05) is 0 Å². The molecular weight excluding hydrogens is 230 g/mol. The molecule has 0 saturated heterocycles. The second-order valence-electron chi connectivity index (χ2n) is 3.12. The number of aromatic nitrogens is 1. The first-order chi connectivity index (χ1) is 7.33. The number of carbonyl (C=O) groups is 1. The topological polar surface area (TPSA) is 22.0 Å². The predicted octanol–water partition coefficient (Wildman–Crippen LogP) is 3.02. The van der Waals surface area contributed by atoms with E-state index in [0.29, 0.717) is 18.1 Å². The molecule has 78 valence electrons. The van der Waals surface area contributed by atoms with Crippen LogP contribution in [0, 0.1) is 0 Å². The molecule has 15 heavy (non-hydrogen) atoms. The summed E-state index contributed by atoms with van der Waals surface area (Å²) in [4.78, 5) is 12.0. The first-order valence-electron chi connectivity index (χ1n) is 4.61. The van der Waals surface area contributed by atoms with Crippen molar-refractivity contribution in [2.45, 2.75) is 6.54 Å². The predicted molar refractivity (Wildman–Crippen MR) is 62.9 cm³/mol. The monoisotopic (exact) mass is 239 g/mol. The number of hydrogen-bond donors (Lipinski definition) is 0. The minimum atomic E-state index is 0.0615. The maximum absolute atomic E-state index is 12.0. The average Bonchev–Trinajstić information content (AvgIpc) is 2.87. The van der Waals surface area contributed by atoms with Gasteiger partial charge in [0.25, 0.3) is 0 Å². The van der Waals surface area contributed by atoms with E-state index in [9.17, 15) is 4.79 Å². The molecule has 0 unspecified atom stereocenters. The molecule has 2 aromatic rings. The molecule has 0 aliphatic heterocycles. The van der Waals surface area contributed by atoms with Crippen LogP contribution in [-0.2, 0) is 6.54 Å². The highest BCUT2D eigenvalue weighted by Crippen LogP contribution is 2.13. The summed E-state index contributed by atoms with van der Waals surface area (Å²) >= 11 is 7.19. The Kier molecular flexibility index (Phi) is 3.23. The van der Waals surface area contributed by atoms with Crippen LogP contribution in [0.2, 0.25) is 0 Å². The summed E-state index contributed by atoms with van der Waals surface area (Å²) in [6.07, 6.45) is 1.88. The number of hydrogen-bond acceptors (Lipinski definition) is 2. The Morgan fingerprint density at radius 1 is 1.47 bits per heavy atom. The van der Waals surface area contributed by atoms with Gasteiger partial charge in [0, 0.05) is 29.6 Å². The molecule has 0 aliphatic carbocycles. The third-order valence-corrected chi connectivity index (χ3v) is 3.02. The molecule has 0 spiro atoms. The molecule has 4 heteroatoms. The van der Waals surface area contributed by atoms with Crippen LogP contribution >= 0.6 is 22.9 Å². The fraction of sp³-hybridized carbons (Fsp3) is 0.182. The number of halogens is 1. The quantitative estimate of drug-likeness (QED) is 0.594. The minimum absolute atomic E-state index is 0.0615. The van der Waals surface area contributed by atoms with Gasteiger partial charge in [0.15, 0.2) is 0 Å². The summed E-state index contributed by atoms with van der Waals surface area (Å²) < 4.78 is 1.88. The molecule has 0 bridgehead atoms. The SMILES string of the molecule is O=C(c1ccsc1)c1cccn1CCCl. The van der Waals surface area contributed by atoms with Gasteiger partial charge in [0.2, 0.25) is 5.78 Å². The van der Waals surface area contributed by atoms with E-state index in [2.05, 4.69) is 0 Å². The zero-order valence-electron chi connectivity index (χ0n) is 8.02. The number of aryl methyl sites for hydroxylation is 1. The molecule has 0 atom stereocenters. The lowest BCUT2D eigenvalue weighted by Crippen LogP contribution is -2.09. The van der Waals surface area contributed by atoms with Gasteiger partial charge in [-0.25, -0.2) is 0 Å². The highest BCUT2D eigenvalue weighted by Gasteiger charge is 2.12. The van der Waals surface area contributed by atoms with Crippen LogP contribution in [0.15, 0.2) is 35.2 Å². The Balaban J connectivity index is 2.29. The Bertz CT molecular complexity index is 447. The normalized spacial score (nSPS) is 10.5. The van der Waals surface area contributed by atoms with Crippen molar-refractivity contribution in [3.8, 4) is 0 Å². The zero-order valence-corrected chi connectivity index (χ0v) is 9.59. The van der Waals surface area contributed by atoms with Crippen molar-refractivity contribution in [1.82, 2.24) is 4.57 Å². The molecule has 0 saturated carbocycles. The van der Waals surface area contributed by atoms with Crippen molar-refractivity contribution in [2.24, 2.45) is 0 Å². The number of thiophene rings is 1. The van der Waals surface area contributed by atoms with Gasteiger partial charge in [-0.05, 0) is 23.6 Å². The van der Waals surface area contributed by atoms with Gasteiger partial charge in [0.1, 0.15) is 0 Å². The molecule has 2 heterocycles. The molecule has 0 amide bonds. The zero-order chi connectivity index (χ0) is 10.7. The summed E-state index contributed by atoms with van der Waals surface area (Å²) in [5.41, 5.74) is 1.45. The second kappa shape index (κ2) is 4.64. The summed E-state index contributed by atoms with van der Waals surface area (Å²) in [5.74, 6) is 0.574. The molecule has 0 N–H and O–H groups in total. The molecule has 0 fully saturated rings. The first kappa shape index (κ1) is 10.5. The fourth-order valence-electron chi connectivity index (χ4n) is 1.45. The van der Waals surface area contributed by atoms with Gasteiger partial charge in [0.05, 0.1) is 5.69 Å². The van der Waals surface area contributed by atoms with Crippen LogP contribution in [0.1, 0.15) is 16.1 Å². The standard InChI is InChI=1S/C11H10ClNOS/c12-4-6-13-5-1-2-10(13)11(14)9-3-7-15-8-9/h1-3,5,7-8H,4,6H2. The van der Waals surface area contributed by atoms with Crippen LogP contribution in [-0.4, -0.2) is 16.2 Å². The summed E-state index contributed by atoms with van der Waals surface area (Å²) in [6.45, 7) is 0.666. The van der Waals surface area contributed by atoms with Crippen LogP contribution < -0.4 is 0 Å². The van der Waals surface area contributed by atoms with Gasteiger partial charge in [-0.3, -0.25) is 4.79 Å². The lowest BCUT2D eigenvalue weighted by molar-refractivity contribution is 0.103. The smallest absolute Gasteiger partial charge is 0.210 e. The number of rotatable bonds is 4. The van der Waals surface area contributed by atoms with Crippen LogP contribution in [0.25, 0.3) is 0 Å². The third kappa shape index (κ3) is 2.13. The van der Waals surface area contributed by atoms with Crippen molar-refractivity contribution in [3.05, 3.63) is 46.4 Å². The van der Waals surface area contributed by atoms with Crippen molar-refractivity contribution >= 4 is 28.7 Å². The van der Waals surface area contributed by atoms with E-state index in [0.717, 1.165) is 5.56 Å². The van der Waals surface area contributed by atoms with Crippen molar-refractivity contribution in [2.75, 3.05) is 5.88 Å². The average molecular weight is 240 g/mol. The molecule has 2 aromatic heterocycles. The number of ketones is 1. The maximum Gasteiger partial charge on any atom is 0.210 e. The lowest BCUT2D eigenvalue weighted by atomic mass is 10.2. The first-order valence-corrected chi connectivity index (χ1v) is 6.08. The van der Waals surface area contributed by atoms with E-state index in [-0.39, 0.29) is 5.78 Å². The Morgan fingerprint density at radius 3 is 3.00 bits per heavy atom. The molecule has 0 radical (unpaired) electrons. The highest BCUT2D eigenvalue weighted by atomic mass is 35.5. The van der Waals surface area contributed by atoms with Crippen molar-refractivity contribution in [3.63, 3.8) is 0 Å². The summed E-state index contributed by atoms with van der Waals surface area (Å²) in [5, 5.41) is 3.77. The molecular formula is C11H10ClNOS. The maximum atomic E-state index is 12.0. The fourth-order valence-corrected chi connectivity index (χ4v) is 2.27. The number of alkyl halides is 1. The van der Waals surface area contributed by atoms with E-state index in [4.69, 9.17) is 11.6 Å². The Labute approximate surface area is 97.1 Å². The van der Waals surface area contributed by atoms with Crippen LogP contribution in [0.4, 0.5) is 0 Å². The molecule has 0 aliphatic rings. The van der Waals surface area contributed by atoms with Gasteiger partial charge >= 0.3 is 0 Å². The number of carbonyl (C=O) groups excluding carboxylic acids is 1. The van der Waals surface area contributed by atoms with Gasteiger partial charge < -0.3 is 4.57 Å². The highest BCUT2D eigenvalue weighted by molar-refractivity contribution is 7.08. The molecule has 0 aromatic carbocycles. The van der Waals surface area contributed by atoms with Gasteiger partial charge in [-0.15, -0.1) is 11.6 Å². The Hall–Kier alpha value is -1.06. The van der Waals surface area contributed by atoms with E-state index in [1.54, 1.807) is 0 Å². The van der Waals surface area contributed by atoms with Gasteiger partial charge in [-0.2, -0.15) is 11.3 Å². The van der Waals surface area contributed by atoms with Crippen molar-refractivity contribution in [1.29, 1.82) is 0 Å². The van der Waals surface area contributed by atoms with E-state index in [1.807, 2.05) is 39.7 Å². The second-order valence-corrected chi connectivity index (χ2v) is 4.27. The van der Waals surface area contributed by atoms with E-state index in [1.165, 1.54) is 11.3 Å². The van der Waals surface area contributed by atoms with Crippen molar-refractivity contribution < 1.29 is 4.79 Å². The van der Waals surface area contributed by atoms with Crippen LogP contribution in [0.5, 0.6) is 0 Å². The lowest BCUT2D eigenvalue weighted by Gasteiger charge is -2.04. The third-order valence-electron chi connectivity index (χ3n) is 2.17. The van der Waals surface area contributed by atoms with E-state index >= 15 is 0 Å². The summed E-state index contributed by atoms with van der Waals surface area (Å²) in [6, 6.07) is 5.53.